The lowest BCUT2D eigenvalue weighted by Gasteiger charge is -2.43. The predicted molar refractivity (Wildman–Crippen MR) is 179 cm³/mol. The summed E-state index contributed by atoms with van der Waals surface area (Å²) in [6.07, 6.45) is 0.803. The Morgan fingerprint density at radius 2 is 1.74 bits per heavy atom. The first-order valence-electron chi connectivity index (χ1n) is 15.0. The highest BCUT2D eigenvalue weighted by Gasteiger charge is 2.69. The topological polar surface area (TPSA) is 109 Å². The van der Waals surface area contributed by atoms with Crippen LogP contribution in [0.5, 0.6) is 5.75 Å². The zero-order valence-corrected chi connectivity index (χ0v) is 27.5. The van der Waals surface area contributed by atoms with Crippen molar-refractivity contribution in [3.8, 4) is 5.75 Å². The Morgan fingerprint density at radius 1 is 0.978 bits per heavy atom. The minimum Gasteiger partial charge on any atom is -0.484 e. The number of carbonyl (C=O) groups excluding carboxylic acids is 3. The van der Waals surface area contributed by atoms with Gasteiger partial charge in [-0.3, -0.25) is 24.1 Å². The first-order valence-corrected chi connectivity index (χ1v) is 17.4. The SMILES string of the molecule is Cc1ccc(N2C(=O)C3C4CC(C3C2=O)C2C4Sc3[nH]c(=O)sc3[C@@H]2c2cccc(OCC(=O)Nc3ccc(Cl)c(Cl)c3)c2)cc1. The van der Waals surface area contributed by atoms with E-state index >= 15 is 0 Å². The van der Waals surface area contributed by atoms with Crippen LogP contribution in [0.2, 0.25) is 10.0 Å². The van der Waals surface area contributed by atoms with Crippen LogP contribution in [0.25, 0.3) is 0 Å². The molecule has 2 aliphatic heterocycles. The van der Waals surface area contributed by atoms with Gasteiger partial charge in [-0.15, -0.1) is 11.8 Å². The monoisotopic (exact) mass is 691 g/mol. The molecule has 1 aromatic heterocycles. The molecule has 3 aromatic carbocycles. The van der Waals surface area contributed by atoms with E-state index in [-0.39, 0.29) is 70.0 Å². The first kappa shape index (κ1) is 29.8. The fourth-order valence-electron chi connectivity index (χ4n) is 8.06. The summed E-state index contributed by atoms with van der Waals surface area (Å²) in [6, 6.07) is 20.0. The van der Waals surface area contributed by atoms with Crippen LogP contribution in [-0.4, -0.2) is 34.6 Å². The van der Waals surface area contributed by atoms with E-state index < -0.39 is 0 Å². The van der Waals surface area contributed by atoms with Crippen LogP contribution in [0.3, 0.4) is 0 Å². The number of ether oxygens (including phenoxy) is 1. The van der Waals surface area contributed by atoms with Crippen molar-refractivity contribution in [3.63, 3.8) is 0 Å². The summed E-state index contributed by atoms with van der Waals surface area (Å²) in [6.45, 7) is 1.75. The molecule has 4 aliphatic rings. The number of hydrogen-bond acceptors (Lipinski definition) is 7. The number of thioether (sulfide) groups is 1. The molecule has 8 nitrogen and oxygen atoms in total. The maximum Gasteiger partial charge on any atom is 0.305 e. The number of aromatic amines is 1. The van der Waals surface area contributed by atoms with Gasteiger partial charge in [0, 0.05) is 21.7 Å². The number of nitrogens with zero attached hydrogens (tertiary/aromatic N) is 1. The van der Waals surface area contributed by atoms with Crippen LogP contribution in [0.15, 0.2) is 76.6 Å². The largest absolute Gasteiger partial charge is 0.484 e. The Morgan fingerprint density at radius 3 is 2.50 bits per heavy atom. The molecule has 46 heavy (non-hydrogen) atoms. The third kappa shape index (κ3) is 4.80. The lowest BCUT2D eigenvalue weighted by Crippen LogP contribution is -2.42. The van der Waals surface area contributed by atoms with Crippen molar-refractivity contribution in [1.29, 1.82) is 0 Å². The lowest BCUT2D eigenvalue weighted by molar-refractivity contribution is -0.123. The molecular weight excluding hydrogens is 665 g/mol. The minimum atomic E-state index is -0.384. The van der Waals surface area contributed by atoms with Gasteiger partial charge in [0.15, 0.2) is 6.61 Å². The number of amides is 3. The second-order valence-electron chi connectivity index (χ2n) is 12.3. The van der Waals surface area contributed by atoms with Crippen molar-refractivity contribution in [1.82, 2.24) is 4.98 Å². The molecular formula is C34H27Cl2N3O5S2. The summed E-state index contributed by atoms with van der Waals surface area (Å²) < 4.78 is 5.92. The van der Waals surface area contributed by atoms with E-state index in [0.29, 0.717) is 27.2 Å². The smallest absolute Gasteiger partial charge is 0.305 e. The molecule has 0 spiro atoms. The van der Waals surface area contributed by atoms with Crippen LogP contribution in [0.1, 0.15) is 28.3 Å². The van der Waals surface area contributed by atoms with Crippen LogP contribution in [0.4, 0.5) is 11.4 Å². The molecule has 2 aliphatic carbocycles. The highest BCUT2D eigenvalue weighted by molar-refractivity contribution is 8.00. The molecule has 2 bridgehead atoms. The molecule has 1 saturated heterocycles. The van der Waals surface area contributed by atoms with Crippen molar-refractivity contribution in [2.75, 3.05) is 16.8 Å². The van der Waals surface area contributed by atoms with Gasteiger partial charge in [0.05, 0.1) is 32.6 Å². The number of benzene rings is 3. The number of hydrogen-bond donors (Lipinski definition) is 2. The number of nitrogens with one attached hydrogen (secondary N) is 2. The van der Waals surface area contributed by atoms with Crippen LogP contribution >= 0.6 is 46.3 Å². The highest BCUT2D eigenvalue weighted by Crippen LogP contribution is 2.68. The molecule has 2 saturated carbocycles. The third-order valence-corrected chi connectivity index (χ3v) is 13.1. The summed E-state index contributed by atoms with van der Waals surface area (Å²) in [5, 5.41) is 4.40. The number of rotatable bonds is 6. The molecule has 234 valence electrons. The Kier molecular flexibility index (Phi) is 7.32. The summed E-state index contributed by atoms with van der Waals surface area (Å²) in [5.41, 5.74) is 3.14. The maximum atomic E-state index is 14.0. The highest BCUT2D eigenvalue weighted by atomic mass is 35.5. The van der Waals surface area contributed by atoms with Gasteiger partial charge in [-0.2, -0.15) is 0 Å². The van der Waals surface area contributed by atoms with E-state index in [2.05, 4.69) is 10.3 Å². The normalized spacial score (nSPS) is 27.4. The van der Waals surface area contributed by atoms with Gasteiger partial charge in [0.25, 0.3) is 5.91 Å². The number of thiazole rings is 1. The van der Waals surface area contributed by atoms with Crippen molar-refractivity contribution in [2.24, 2.45) is 29.6 Å². The number of anilines is 2. The van der Waals surface area contributed by atoms with Crippen LogP contribution in [-0.2, 0) is 14.4 Å². The predicted octanol–water partition coefficient (Wildman–Crippen LogP) is 6.75. The molecule has 4 aromatic rings. The Labute approximate surface area is 282 Å². The Bertz CT molecular complexity index is 1980. The summed E-state index contributed by atoms with van der Waals surface area (Å²) in [4.78, 5) is 58.4. The van der Waals surface area contributed by atoms with Gasteiger partial charge >= 0.3 is 4.87 Å². The molecule has 6 unspecified atom stereocenters. The third-order valence-electron chi connectivity index (χ3n) is 9.81. The van der Waals surface area contributed by atoms with E-state index in [9.17, 15) is 19.2 Å². The molecule has 8 rings (SSSR count). The number of fused-ring (bicyclic) bond motifs is 9. The molecule has 3 amide bonds. The standard InChI is InChI=1S/C34H27Cl2N3O5S2/c1-15-5-8-18(9-6-15)39-32(41)27-20-13-21(28(27)33(39)42)29-26(20)25(30-31(45-29)38-34(43)46-30)16-3-2-4-19(11-16)44-14-24(40)37-17-7-10-22(35)23(36)12-17/h2-12,20-21,25-29H,13-14H2,1H3,(H,37,40)(H,38,43)/t20?,21?,25-,26?,27?,28?,29?/m1/s1. The summed E-state index contributed by atoms with van der Waals surface area (Å²) in [5.74, 6) is -0.896. The Balaban J connectivity index is 1.08. The number of H-pyrrole nitrogens is 1. The van der Waals surface area contributed by atoms with Gasteiger partial charge in [0.1, 0.15) is 5.75 Å². The van der Waals surface area contributed by atoms with Gasteiger partial charge in [-0.05, 0) is 79.1 Å². The van der Waals surface area contributed by atoms with Crippen molar-refractivity contribution < 1.29 is 19.1 Å². The number of halogens is 2. The molecule has 3 heterocycles. The van der Waals surface area contributed by atoms with Gasteiger partial charge in [0.2, 0.25) is 11.8 Å². The fraction of sp³-hybridized carbons (Fsp3) is 0.294. The second kappa shape index (κ2) is 11.3. The van der Waals surface area contributed by atoms with E-state index in [4.69, 9.17) is 27.9 Å². The van der Waals surface area contributed by atoms with Gasteiger partial charge < -0.3 is 15.0 Å². The number of carbonyl (C=O) groups is 3. The van der Waals surface area contributed by atoms with Crippen LogP contribution < -0.4 is 19.8 Å². The van der Waals surface area contributed by atoms with Crippen LogP contribution in [0, 0.1) is 36.5 Å². The zero-order valence-electron chi connectivity index (χ0n) is 24.4. The molecule has 3 fully saturated rings. The minimum absolute atomic E-state index is 0.00342. The van der Waals surface area contributed by atoms with E-state index in [1.165, 1.54) is 16.2 Å². The quantitative estimate of drug-likeness (QED) is 0.217. The number of aryl methyl sites for hydroxylation is 1. The van der Waals surface area contributed by atoms with E-state index in [1.54, 1.807) is 36.0 Å². The van der Waals surface area contributed by atoms with E-state index in [0.717, 1.165) is 27.5 Å². The fourth-order valence-corrected chi connectivity index (χ4v) is 11.2. The summed E-state index contributed by atoms with van der Waals surface area (Å²) in [7, 11) is 0. The average molecular weight is 693 g/mol. The van der Waals surface area contributed by atoms with Gasteiger partial charge in [-0.25, -0.2) is 0 Å². The molecule has 2 N–H and O–H groups in total. The lowest BCUT2D eigenvalue weighted by atomic mass is 9.68. The number of imide groups is 1. The van der Waals surface area contributed by atoms with Crippen molar-refractivity contribution in [3.05, 3.63) is 102 Å². The number of aromatic nitrogens is 1. The van der Waals surface area contributed by atoms with Crippen molar-refractivity contribution >= 4 is 75.4 Å². The first-order chi connectivity index (χ1) is 22.2. The molecule has 7 atom stereocenters. The van der Waals surface area contributed by atoms with Crippen molar-refractivity contribution in [2.45, 2.75) is 29.5 Å². The Hall–Kier alpha value is -3.57. The second-order valence-corrected chi connectivity index (χ2v) is 15.4. The molecule has 12 heteroatoms. The molecule has 0 radical (unpaired) electrons. The van der Waals surface area contributed by atoms with Gasteiger partial charge in [-0.1, -0.05) is 64.4 Å². The zero-order chi connectivity index (χ0) is 31.9. The average Bonchev–Trinajstić information content (AvgIpc) is 3.77. The maximum absolute atomic E-state index is 14.0. The van der Waals surface area contributed by atoms with E-state index in [1.807, 2.05) is 49.4 Å². The summed E-state index contributed by atoms with van der Waals surface area (Å²) >= 11 is 14.9.